The topological polar surface area (TPSA) is 36.1 Å². The minimum Gasteiger partial charge on any atom is -0.361 e. The molecule has 0 saturated carbocycles. The quantitative estimate of drug-likeness (QED) is 0.823. The van der Waals surface area contributed by atoms with Crippen LogP contribution in [-0.2, 0) is 11.3 Å². The molecule has 0 spiro atoms. The molecule has 1 aliphatic rings. The molecule has 1 saturated heterocycles. The Hall–Kier alpha value is -2.03. The summed E-state index contributed by atoms with van der Waals surface area (Å²) in [4.78, 5) is 16.9. The van der Waals surface area contributed by atoms with Crippen LogP contribution in [0.3, 0.4) is 0 Å². The van der Waals surface area contributed by atoms with E-state index in [1.165, 1.54) is 10.9 Å². The van der Waals surface area contributed by atoms with E-state index in [0.29, 0.717) is 18.9 Å². The van der Waals surface area contributed by atoms with Crippen molar-refractivity contribution in [3.8, 4) is 0 Å². The lowest BCUT2D eigenvalue weighted by Gasteiger charge is -2.16. The molecule has 3 nitrogen and oxygen atoms in total. The summed E-state index contributed by atoms with van der Waals surface area (Å²) in [5.74, 6) is 0.544. The molecular weight excluding hydrogens is 224 g/mol. The second-order valence-electron chi connectivity index (χ2n) is 4.87. The third-order valence-electron chi connectivity index (χ3n) is 3.57. The number of hydrogen-bond donors (Lipinski definition) is 1. The number of amides is 1. The van der Waals surface area contributed by atoms with Crippen LogP contribution < -0.4 is 0 Å². The third-order valence-corrected chi connectivity index (χ3v) is 3.57. The van der Waals surface area contributed by atoms with Gasteiger partial charge < -0.3 is 9.88 Å². The number of nitrogens with zero attached hydrogens (tertiary/aromatic N) is 1. The molecule has 1 aromatic heterocycles. The fourth-order valence-corrected chi connectivity index (χ4v) is 2.53. The standard InChI is InChI=1S/C15H16N2O/c1-2-11-8-15(18)17(9-11)10-12-3-4-14-13(7-12)5-6-16-14/h2-7,11,16H,1,8-10H2. The predicted octanol–water partition coefficient (Wildman–Crippen LogP) is 2.70. The van der Waals surface area contributed by atoms with Gasteiger partial charge in [-0.2, -0.15) is 0 Å². The summed E-state index contributed by atoms with van der Waals surface area (Å²) in [6.45, 7) is 5.27. The average molecular weight is 240 g/mol. The normalized spacial score (nSPS) is 19.7. The summed E-state index contributed by atoms with van der Waals surface area (Å²) in [6.07, 6.45) is 4.42. The van der Waals surface area contributed by atoms with Crippen molar-refractivity contribution in [1.82, 2.24) is 9.88 Å². The smallest absolute Gasteiger partial charge is 0.223 e. The molecular formula is C15H16N2O. The number of rotatable bonds is 3. The van der Waals surface area contributed by atoms with Crippen LogP contribution in [0.5, 0.6) is 0 Å². The van der Waals surface area contributed by atoms with Crippen molar-refractivity contribution in [3.05, 3.63) is 48.7 Å². The van der Waals surface area contributed by atoms with Gasteiger partial charge in [0.05, 0.1) is 0 Å². The maximum Gasteiger partial charge on any atom is 0.223 e. The molecule has 1 fully saturated rings. The van der Waals surface area contributed by atoms with Gasteiger partial charge in [-0.25, -0.2) is 0 Å². The molecule has 1 atom stereocenters. The summed E-state index contributed by atoms with van der Waals surface area (Å²) in [5.41, 5.74) is 2.32. The number of carbonyl (C=O) groups is 1. The monoisotopic (exact) mass is 240 g/mol. The zero-order valence-electron chi connectivity index (χ0n) is 10.2. The van der Waals surface area contributed by atoms with Crippen molar-refractivity contribution < 1.29 is 4.79 Å². The zero-order chi connectivity index (χ0) is 12.5. The van der Waals surface area contributed by atoms with E-state index in [9.17, 15) is 4.79 Å². The highest BCUT2D eigenvalue weighted by molar-refractivity contribution is 5.81. The van der Waals surface area contributed by atoms with Gasteiger partial charge in [-0.1, -0.05) is 12.1 Å². The second kappa shape index (κ2) is 4.33. The molecule has 1 amide bonds. The molecule has 0 radical (unpaired) electrons. The number of fused-ring (bicyclic) bond motifs is 1. The number of aromatic nitrogens is 1. The Kier molecular flexibility index (Phi) is 2.67. The second-order valence-corrected chi connectivity index (χ2v) is 4.87. The molecule has 0 bridgehead atoms. The minimum absolute atomic E-state index is 0.231. The summed E-state index contributed by atoms with van der Waals surface area (Å²) in [5, 5.41) is 1.19. The summed E-state index contributed by atoms with van der Waals surface area (Å²) in [7, 11) is 0. The van der Waals surface area contributed by atoms with Crippen LogP contribution in [0.25, 0.3) is 10.9 Å². The van der Waals surface area contributed by atoms with E-state index in [-0.39, 0.29) is 5.91 Å². The van der Waals surface area contributed by atoms with Gasteiger partial charge in [-0.05, 0) is 29.1 Å². The van der Waals surface area contributed by atoms with Crippen molar-refractivity contribution in [2.24, 2.45) is 5.92 Å². The van der Waals surface area contributed by atoms with Crippen LogP contribution in [0.2, 0.25) is 0 Å². The van der Waals surface area contributed by atoms with Crippen LogP contribution in [0.4, 0.5) is 0 Å². The maximum absolute atomic E-state index is 11.8. The van der Waals surface area contributed by atoms with Gasteiger partial charge >= 0.3 is 0 Å². The molecule has 1 N–H and O–H groups in total. The highest BCUT2D eigenvalue weighted by atomic mass is 16.2. The average Bonchev–Trinajstić information content (AvgIpc) is 2.96. The first-order chi connectivity index (χ1) is 8.76. The van der Waals surface area contributed by atoms with Gasteiger partial charge in [0.2, 0.25) is 5.91 Å². The molecule has 2 heterocycles. The van der Waals surface area contributed by atoms with E-state index >= 15 is 0 Å². The van der Waals surface area contributed by atoms with Gasteiger partial charge in [-0.15, -0.1) is 6.58 Å². The predicted molar refractivity (Wildman–Crippen MR) is 72.0 cm³/mol. The van der Waals surface area contributed by atoms with Crippen LogP contribution in [0.15, 0.2) is 43.1 Å². The first kappa shape index (κ1) is 11.1. The third kappa shape index (κ3) is 1.92. The van der Waals surface area contributed by atoms with Crippen LogP contribution in [-0.4, -0.2) is 22.3 Å². The number of likely N-dealkylation sites (tertiary alicyclic amines) is 1. The first-order valence-electron chi connectivity index (χ1n) is 6.22. The molecule has 3 heteroatoms. The fraction of sp³-hybridized carbons (Fsp3) is 0.267. The van der Waals surface area contributed by atoms with Gasteiger partial charge in [0.1, 0.15) is 0 Å². The van der Waals surface area contributed by atoms with Crippen molar-refractivity contribution >= 4 is 16.8 Å². The van der Waals surface area contributed by atoms with Gasteiger partial charge in [0, 0.05) is 37.1 Å². The van der Waals surface area contributed by atoms with Crippen molar-refractivity contribution in [2.75, 3.05) is 6.54 Å². The number of aromatic amines is 1. The Bertz CT molecular complexity index is 599. The molecule has 1 unspecified atom stereocenters. The lowest BCUT2D eigenvalue weighted by atomic mass is 10.1. The van der Waals surface area contributed by atoms with Gasteiger partial charge in [-0.3, -0.25) is 4.79 Å². The summed E-state index contributed by atoms with van der Waals surface area (Å²) in [6, 6.07) is 8.33. The van der Waals surface area contributed by atoms with E-state index in [2.05, 4.69) is 35.8 Å². The summed E-state index contributed by atoms with van der Waals surface area (Å²) < 4.78 is 0. The van der Waals surface area contributed by atoms with Crippen molar-refractivity contribution in [2.45, 2.75) is 13.0 Å². The van der Waals surface area contributed by atoms with E-state index in [1.807, 2.05) is 17.2 Å². The van der Waals surface area contributed by atoms with Crippen molar-refractivity contribution in [1.29, 1.82) is 0 Å². The lowest BCUT2D eigenvalue weighted by molar-refractivity contribution is -0.128. The SMILES string of the molecule is C=CC1CC(=O)N(Cc2ccc3[nH]ccc3c2)C1. The zero-order valence-corrected chi connectivity index (χ0v) is 10.2. The van der Waals surface area contributed by atoms with Crippen LogP contribution in [0, 0.1) is 5.92 Å². The van der Waals surface area contributed by atoms with Crippen LogP contribution in [0.1, 0.15) is 12.0 Å². The Balaban J connectivity index is 1.79. The lowest BCUT2D eigenvalue weighted by Crippen LogP contribution is -2.24. The molecule has 1 aliphatic heterocycles. The molecule has 0 aliphatic carbocycles. The van der Waals surface area contributed by atoms with Crippen LogP contribution >= 0.6 is 0 Å². The van der Waals surface area contributed by atoms with Gasteiger partial charge in [0.15, 0.2) is 0 Å². The van der Waals surface area contributed by atoms with E-state index in [4.69, 9.17) is 0 Å². The Labute approximate surface area is 106 Å². The molecule has 3 rings (SSSR count). The number of hydrogen-bond acceptors (Lipinski definition) is 1. The molecule has 1 aromatic carbocycles. The largest absolute Gasteiger partial charge is 0.361 e. The Morgan fingerprint density at radius 3 is 3.11 bits per heavy atom. The number of benzene rings is 1. The first-order valence-corrected chi connectivity index (χ1v) is 6.22. The molecule has 2 aromatic rings. The van der Waals surface area contributed by atoms with Crippen molar-refractivity contribution in [3.63, 3.8) is 0 Å². The number of H-pyrrole nitrogens is 1. The highest BCUT2D eigenvalue weighted by Gasteiger charge is 2.27. The number of carbonyl (C=O) groups excluding carboxylic acids is 1. The Morgan fingerprint density at radius 2 is 2.33 bits per heavy atom. The van der Waals surface area contributed by atoms with Gasteiger partial charge in [0.25, 0.3) is 0 Å². The summed E-state index contributed by atoms with van der Waals surface area (Å²) >= 11 is 0. The van der Waals surface area contributed by atoms with E-state index in [0.717, 1.165) is 12.1 Å². The molecule has 18 heavy (non-hydrogen) atoms. The minimum atomic E-state index is 0.231. The maximum atomic E-state index is 11.8. The number of nitrogens with one attached hydrogen (secondary N) is 1. The highest BCUT2D eigenvalue weighted by Crippen LogP contribution is 2.22. The van der Waals surface area contributed by atoms with E-state index < -0.39 is 0 Å². The fourth-order valence-electron chi connectivity index (χ4n) is 2.53. The molecule has 92 valence electrons. The Morgan fingerprint density at radius 1 is 1.44 bits per heavy atom. The van der Waals surface area contributed by atoms with E-state index in [1.54, 1.807) is 0 Å².